The molecular weight excluding hydrogens is 148 g/mol. The SMILES string of the molecule is C=C(C)C1(C)C(=O)C2CCC1C2. The maximum Gasteiger partial charge on any atom is 0.146 e. The normalized spacial score (nSPS) is 45.3. The molecule has 0 amide bonds. The van der Waals surface area contributed by atoms with Gasteiger partial charge in [-0.05, 0) is 39.0 Å². The fraction of sp³-hybridized carbons (Fsp3) is 0.727. The lowest BCUT2D eigenvalue weighted by molar-refractivity contribution is -0.129. The van der Waals surface area contributed by atoms with Gasteiger partial charge in [0.1, 0.15) is 5.78 Å². The molecular formula is C11H16O. The van der Waals surface area contributed by atoms with Crippen LogP contribution in [0.3, 0.4) is 0 Å². The number of carbonyl (C=O) groups is 1. The zero-order chi connectivity index (χ0) is 8.93. The van der Waals surface area contributed by atoms with Crippen LogP contribution in [-0.2, 0) is 4.79 Å². The van der Waals surface area contributed by atoms with E-state index in [9.17, 15) is 4.79 Å². The van der Waals surface area contributed by atoms with Crippen LogP contribution >= 0.6 is 0 Å². The summed E-state index contributed by atoms with van der Waals surface area (Å²) in [6.45, 7) is 8.04. The molecule has 2 aliphatic carbocycles. The first-order chi connectivity index (χ1) is 5.56. The van der Waals surface area contributed by atoms with Crippen molar-refractivity contribution in [1.82, 2.24) is 0 Å². The highest BCUT2D eigenvalue weighted by Crippen LogP contribution is 2.55. The Kier molecular flexibility index (Phi) is 1.48. The lowest BCUT2D eigenvalue weighted by Gasteiger charge is -2.32. The maximum absolute atomic E-state index is 11.9. The molecule has 3 unspecified atom stereocenters. The van der Waals surface area contributed by atoms with E-state index in [1.807, 2.05) is 6.92 Å². The first-order valence-corrected chi connectivity index (χ1v) is 4.77. The third-order valence-electron chi connectivity index (χ3n) is 4.02. The Hall–Kier alpha value is -0.590. The maximum atomic E-state index is 11.9. The van der Waals surface area contributed by atoms with E-state index in [0.717, 1.165) is 18.4 Å². The van der Waals surface area contributed by atoms with E-state index in [4.69, 9.17) is 0 Å². The summed E-state index contributed by atoms with van der Waals surface area (Å²) >= 11 is 0. The predicted octanol–water partition coefficient (Wildman–Crippen LogP) is 2.57. The number of Topliss-reactive ketones (excluding diaryl/α,β-unsaturated/α-hetero) is 1. The number of carbonyl (C=O) groups excluding carboxylic acids is 1. The summed E-state index contributed by atoms with van der Waals surface area (Å²) in [4.78, 5) is 11.9. The zero-order valence-electron chi connectivity index (χ0n) is 7.89. The molecule has 0 aromatic carbocycles. The van der Waals surface area contributed by atoms with Crippen molar-refractivity contribution in [2.24, 2.45) is 17.3 Å². The average molecular weight is 164 g/mol. The summed E-state index contributed by atoms with van der Waals surface area (Å²) in [6, 6.07) is 0. The molecule has 2 bridgehead atoms. The Morgan fingerprint density at radius 1 is 1.58 bits per heavy atom. The quantitative estimate of drug-likeness (QED) is 0.544. The molecule has 2 aliphatic rings. The van der Waals surface area contributed by atoms with Crippen LogP contribution in [0.2, 0.25) is 0 Å². The first-order valence-electron chi connectivity index (χ1n) is 4.77. The minimum Gasteiger partial charge on any atom is -0.298 e. The van der Waals surface area contributed by atoms with E-state index < -0.39 is 0 Å². The molecule has 0 aliphatic heterocycles. The Bertz CT molecular complexity index is 254. The van der Waals surface area contributed by atoms with Crippen LogP contribution in [0, 0.1) is 17.3 Å². The lowest BCUT2D eigenvalue weighted by Crippen LogP contribution is -2.34. The molecule has 12 heavy (non-hydrogen) atoms. The van der Waals surface area contributed by atoms with E-state index in [1.54, 1.807) is 0 Å². The van der Waals surface area contributed by atoms with Crippen LogP contribution in [0.5, 0.6) is 0 Å². The molecule has 1 nitrogen and oxygen atoms in total. The second kappa shape index (κ2) is 2.21. The van der Waals surface area contributed by atoms with Gasteiger partial charge in [0.05, 0.1) is 0 Å². The average Bonchev–Trinajstić information content (AvgIpc) is 2.55. The van der Waals surface area contributed by atoms with Crippen molar-refractivity contribution in [2.75, 3.05) is 0 Å². The van der Waals surface area contributed by atoms with Crippen LogP contribution < -0.4 is 0 Å². The van der Waals surface area contributed by atoms with E-state index in [-0.39, 0.29) is 5.41 Å². The van der Waals surface area contributed by atoms with Crippen LogP contribution in [0.1, 0.15) is 33.1 Å². The molecule has 0 aromatic heterocycles. The van der Waals surface area contributed by atoms with Gasteiger partial charge in [-0.3, -0.25) is 4.79 Å². The number of ketones is 1. The summed E-state index contributed by atoms with van der Waals surface area (Å²) < 4.78 is 0. The number of hydrogen-bond acceptors (Lipinski definition) is 1. The molecule has 0 aromatic rings. The highest BCUT2D eigenvalue weighted by molar-refractivity contribution is 5.92. The van der Waals surface area contributed by atoms with E-state index in [1.165, 1.54) is 6.42 Å². The van der Waals surface area contributed by atoms with Gasteiger partial charge in [-0.25, -0.2) is 0 Å². The van der Waals surface area contributed by atoms with Crippen LogP contribution in [0.25, 0.3) is 0 Å². The molecule has 0 N–H and O–H groups in total. The van der Waals surface area contributed by atoms with E-state index in [0.29, 0.717) is 17.6 Å². The Balaban J connectivity index is 2.39. The minimum absolute atomic E-state index is 0.164. The summed E-state index contributed by atoms with van der Waals surface area (Å²) in [7, 11) is 0. The van der Waals surface area contributed by atoms with Crippen molar-refractivity contribution >= 4 is 5.78 Å². The molecule has 2 fully saturated rings. The van der Waals surface area contributed by atoms with Gasteiger partial charge in [0.2, 0.25) is 0 Å². The van der Waals surface area contributed by atoms with Gasteiger partial charge >= 0.3 is 0 Å². The van der Waals surface area contributed by atoms with Crippen molar-refractivity contribution in [3.63, 3.8) is 0 Å². The van der Waals surface area contributed by atoms with Crippen LogP contribution in [-0.4, -0.2) is 5.78 Å². The van der Waals surface area contributed by atoms with Gasteiger partial charge in [-0.15, -0.1) is 0 Å². The summed E-state index contributed by atoms with van der Waals surface area (Å²) in [5, 5.41) is 0. The molecule has 66 valence electrons. The number of hydrogen-bond donors (Lipinski definition) is 0. The third kappa shape index (κ3) is 0.720. The van der Waals surface area contributed by atoms with Crippen LogP contribution in [0.4, 0.5) is 0 Å². The second-order valence-electron chi connectivity index (χ2n) is 4.55. The number of allylic oxidation sites excluding steroid dienone is 1. The topological polar surface area (TPSA) is 17.1 Å². The van der Waals surface area contributed by atoms with Crippen molar-refractivity contribution in [3.05, 3.63) is 12.2 Å². The molecule has 1 heteroatoms. The van der Waals surface area contributed by atoms with Gasteiger partial charge in [0, 0.05) is 11.3 Å². The van der Waals surface area contributed by atoms with E-state index >= 15 is 0 Å². The number of rotatable bonds is 1. The van der Waals surface area contributed by atoms with Gasteiger partial charge in [-0.1, -0.05) is 12.2 Å². The molecule has 2 rings (SSSR count). The van der Waals surface area contributed by atoms with Gasteiger partial charge < -0.3 is 0 Å². The van der Waals surface area contributed by atoms with Gasteiger partial charge in [-0.2, -0.15) is 0 Å². The summed E-state index contributed by atoms with van der Waals surface area (Å²) in [6.07, 6.45) is 3.49. The fourth-order valence-corrected chi connectivity index (χ4v) is 2.93. The monoisotopic (exact) mass is 164 g/mol. The largest absolute Gasteiger partial charge is 0.298 e. The molecule has 0 radical (unpaired) electrons. The standard InChI is InChI=1S/C11H16O/c1-7(2)11(3)9-5-4-8(6-9)10(11)12/h8-9H,1,4-6H2,2-3H3. The molecule has 0 heterocycles. The molecule has 0 spiro atoms. The second-order valence-corrected chi connectivity index (χ2v) is 4.55. The predicted molar refractivity (Wildman–Crippen MR) is 48.8 cm³/mol. The Morgan fingerprint density at radius 2 is 2.25 bits per heavy atom. The Labute approximate surface area is 73.8 Å². The first kappa shape index (κ1) is 8.03. The van der Waals surface area contributed by atoms with Crippen molar-refractivity contribution in [2.45, 2.75) is 33.1 Å². The highest BCUT2D eigenvalue weighted by atomic mass is 16.1. The van der Waals surface area contributed by atoms with E-state index in [2.05, 4.69) is 13.5 Å². The van der Waals surface area contributed by atoms with Crippen molar-refractivity contribution in [3.8, 4) is 0 Å². The van der Waals surface area contributed by atoms with Crippen LogP contribution in [0.15, 0.2) is 12.2 Å². The molecule has 3 atom stereocenters. The summed E-state index contributed by atoms with van der Waals surface area (Å²) in [5.41, 5.74) is 0.905. The number of fused-ring (bicyclic) bond motifs is 2. The van der Waals surface area contributed by atoms with Crippen molar-refractivity contribution in [1.29, 1.82) is 0 Å². The van der Waals surface area contributed by atoms with Crippen molar-refractivity contribution < 1.29 is 4.79 Å². The lowest BCUT2D eigenvalue weighted by atomic mass is 9.70. The Morgan fingerprint density at radius 3 is 2.58 bits per heavy atom. The van der Waals surface area contributed by atoms with Gasteiger partial charge in [0.15, 0.2) is 0 Å². The minimum atomic E-state index is -0.164. The summed E-state index contributed by atoms with van der Waals surface area (Å²) in [5.74, 6) is 1.44. The molecule has 0 saturated heterocycles. The smallest absolute Gasteiger partial charge is 0.146 e. The molecule has 2 saturated carbocycles. The fourth-order valence-electron chi connectivity index (χ4n) is 2.93. The highest BCUT2D eigenvalue weighted by Gasteiger charge is 2.55. The third-order valence-corrected chi connectivity index (χ3v) is 4.02. The van der Waals surface area contributed by atoms with Gasteiger partial charge in [0.25, 0.3) is 0 Å². The zero-order valence-corrected chi connectivity index (χ0v) is 7.89.